The third kappa shape index (κ3) is 4.52. The van der Waals surface area contributed by atoms with Gasteiger partial charge >= 0.3 is 6.03 Å². The molecule has 7 nitrogen and oxygen atoms in total. The van der Waals surface area contributed by atoms with Crippen molar-refractivity contribution < 1.29 is 9.53 Å². The van der Waals surface area contributed by atoms with Crippen LogP contribution in [0.15, 0.2) is 24.3 Å². The number of rotatable bonds is 4. The van der Waals surface area contributed by atoms with Crippen molar-refractivity contribution in [1.82, 2.24) is 14.9 Å². The minimum absolute atomic E-state index is 0.0778. The van der Waals surface area contributed by atoms with Crippen molar-refractivity contribution in [3.8, 4) is 5.75 Å². The molecule has 2 aromatic rings. The zero-order valence-electron chi connectivity index (χ0n) is 17.3. The fraction of sp³-hybridized carbons (Fsp3) is 0.476. The van der Waals surface area contributed by atoms with Crippen LogP contribution in [-0.4, -0.2) is 54.2 Å². The number of nitrogens with zero attached hydrogens (tertiary/aromatic N) is 4. The molecule has 28 heavy (non-hydrogen) atoms. The summed E-state index contributed by atoms with van der Waals surface area (Å²) < 4.78 is 5.27. The van der Waals surface area contributed by atoms with Gasteiger partial charge < -0.3 is 19.9 Å². The van der Waals surface area contributed by atoms with E-state index >= 15 is 0 Å². The number of anilines is 2. The first-order valence-electron chi connectivity index (χ1n) is 9.68. The number of amides is 2. The highest BCUT2D eigenvalue weighted by atomic mass is 16.5. The molecule has 0 atom stereocenters. The maximum absolute atomic E-state index is 12.6. The van der Waals surface area contributed by atoms with Gasteiger partial charge in [-0.3, -0.25) is 0 Å². The minimum Gasteiger partial charge on any atom is -0.496 e. The molecule has 0 saturated carbocycles. The fourth-order valence-corrected chi connectivity index (χ4v) is 3.29. The third-order valence-electron chi connectivity index (χ3n) is 4.91. The van der Waals surface area contributed by atoms with Crippen LogP contribution in [0.25, 0.3) is 0 Å². The first-order valence-corrected chi connectivity index (χ1v) is 9.68. The van der Waals surface area contributed by atoms with Crippen molar-refractivity contribution >= 4 is 17.5 Å². The van der Waals surface area contributed by atoms with Crippen LogP contribution in [0.3, 0.4) is 0 Å². The van der Waals surface area contributed by atoms with E-state index in [0.717, 1.165) is 47.4 Å². The number of methoxy groups -OCH3 is 1. The van der Waals surface area contributed by atoms with Crippen molar-refractivity contribution in [1.29, 1.82) is 0 Å². The van der Waals surface area contributed by atoms with E-state index in [1.807, 2.05) is 43.0 Å². The summed E-state index contributed by atoms with van der Waals surface area (Å²) in [5, 5.41) is 2.98. The quantitative estimate of drug-likeness (QED) is 0.874. The van der Waals surface area contributed by atoms with E-state index in [0.29, 0.717) is 19.0 Å². The van der Waals surface area contributed by atoms with Gasteiger partial charge in [-0.1, -0.05) is 13.8 Å². The van der Waals surface area contributed by atoms with Gasteiger partial charge in [-0.2, -0.15) is 0 Å². The molecule has 0 bridgehead atoms. The first kappa shape index (κ1) is 19.9. The standard InChI is InChI=1S/C21H29N5O2/c1-14(2)20-22-16(4)13-19(24-20)25-8-10-26(11-9-25)21(27)23-17-6-7-18(28-5)15(3)12-17/h6-7,12-14H,8-11H2,1-5H3,(H,23,27). The topological polar surface area (TPSA) is 70.6 Å². The number of ether oxygens (including phenoxy) is 1. The number of benzene rings is 1. The van der Waals surface area contributed by atoms with E-state index in [1.54, 1.807) is 7.11 Å². The molecule has 150 valence electrons. The van der Waals surface area contributed by atoms with Crippen LogP contribution < -0.4 is 15.0 Å². The van der Waals surface area contributed by atoms with Crippen molar-refractivity contribution in [2.45, 2.75) is 33.6 Å². The smallest absolute Gasteiger partial charge is 0.321 e. The lowest BCUT2D eigenvalue weighted by Crippen LogP contribution is -2.50. The van der Waals surface area contributed by atoms with Gasteiger partial charge in [0, 0.05) is 49.5 Å². The summed E-state index contributed by atoms with van der Waals surface area (Å²) in [5.41, 5.74) is 2.74. The lowest BCUT2D eigenvalue weighted by atomic mass is 10.2. The van der Waals surface area contributed by atoms with Gasteiger partial charge in [-0.05, 0) is 37.6 Å². The summed E-state index contributed by atoms with van der Waals surface area (Å²) in [6, 6.07) is 7.58. The highest BCUT2D eigenvalue weighted by molar-refractivity contribution is 5.89. The Morgan fingerprint density at radius 1 is 1.11 bits per heavy atom. The molecule has 1 N–H and O–H groups in total. The van der Waals surface area contributed by atoms with Crippen molar-refractivity contribution in [3.05, 3.63) is 41.3 Å². The number of nitrogens with one attached hydrogen (secondary N) is 1. The fourth-order valence-electron chi connectivity index (χ4n) is 3.29. The Balaban J connectivity index is 1.60. The lowest BCUT2D eigenvalue weighted by molar-refractivity contribution is 0.208. The number of urea groups is 1. The average molecular weight is 383 g/mol. The molecule has 0 radical (unpaired) electrons. The Morgan fingerprint density at radius 3 is 2.43 bits per heavy atom. The van der Waals surface area contributed by atoms with Crippen LogP contribution in [0.4, 0.5) is 16.3 Å². The summed E-state index contributed by atoms with van der Waals surface area (Å²) in [6.45, 7) is 11.0. The predicted octanol–water partition coefficient (Wildman–Crippen LogP) is 3.58. The first-order chi connectivity index (χ1) is 13.4. The van der Waals surface area contributed by atoms with Crippen molar-refractivity contribution in [3.63, 3.8) is 0 Å². The van der Waals surface area contributed by atoms with Gasteiger partial charge in [0.1, 0.15) is 17.4 Å². The lowest BCUT2D eigenvalue weighted by Gasteiger charge is -2.35. The number of hydrogen-bond acceptors (Lipinski definition) is 5. The Hall–Kier alpha value is -2.83. The maximum Gasteiger partial charge on any atom is 0.321 e. The molecule has 2 heterocycles. The Bertz CT molecular complexity index is 845. The molecule has 1 fully saturated rings. The van der Waals surface area contributed by atoms with E-state index in [-0.39, 0.29) is 6.03 Å². The molecule has 1 aromatic carbocycles. The van der Waals surface area contributed by atoms with Crippen LogP contribution in [0, 0.1) is 13.8 Å². The van der Waals surface area contributed by atoms with E-state index < -0.39 is 0 Å². The van der Waals surface area contributed by atoms with Crippen LogP contribution in [-0.2, 0) is 0 Å². The molecule has 2 amide bonds. The van der Waals surface area contributed by atoms with E-state index in [9.17, 15) is 4.79 Å². The zero-order valence-corrected chi connectivity index (χ0v) is 17.3. The number of aryl methyl sites for hydroxylation is 2. The predicted molar refractivity (Wildman–Crippen MR) is 111 cm³/mol. The van der Waals surface area contributed by atoms with Crippen molar-refractivity contribution in [2.75, 3.05) is 43.5 Å². The third-order valence-corrected chi connectivity index (χ3v) is 4.91. The molecule has 1 aliphatic rings. The molecule has 0 aliphatic carbocycles. The highest BCUT2D eigenvalue weighted by Gasteiger charge is 2.23. The molecule has 7 heteroatoms. The molecule has 1 saturated heterocycles. The number of hydrogen-bond donors (Lipinski definition) is 1. The number of piperazine rings is 1. The number of aromatic nitrogens is 2. The Morgan fingerprint density at radius 2 is 1.82 bits per heavy atom. The summed E-state index contributed by atoms with van der Waals surface area (Å²) >= 11 is 0. The van der Waals surface area contributed by atoms with Gasteiger partial charge in [0.15, 0.2) is 0 Å². The van der Waals surface area contributed by atoms with Gasteiger partial charge in [0.2, 0.25) is 0 Å². The van der Waals surface area contributed by atoms with E-state index in [2.05, 4.69) is 29.0 Å². The molecule has 0 spiro atoms. The molecule has 1 aromatic heterocycles. The average Bonchev–Trinajstić information content (AvgIpc) is 2.67. The van der Waals surface area contributed by atoms with Gasteiger partial charge in [0.25, 0.3) is 0 Å². The number of carbonyl (C=O) groups excluding carboxylic acids is 1. The molecular formula is C21H29N5O2. The number of carbonyl (C=O) groups is 1. The second-order valence-corrected chi connectivity index (χ2v) is 7.47. The second kappa shape index (κ2) is 8.46. The van der Waals surface area contributed by atoms with Crippen LogP contribution >= 0.6 is 0 Å². The second-order valence-electron chi connectivity index (χ2n) is 7.47. The molecule has 1 aliphatic heterocycles. The maximum atomic E-state index is 12.6. The highest BCUT2D eigenvalue weighted by Crippen LogP contribution is 2.22. The van der Waals surface area contributed by atoms with E-state index in [1.165, 1.54) is 0 Å². The normalized spacial score (nSPS) is 14.4. The Labute approximate surface area is 166 Å². The van der Waals surface area contributed by atoms with Gasteiger partial charge in [0.05, 0.1) is 7.11 Å². The minimum atomic E-state index is -0.0778. The van der Waals surface area contributed by atoms with Gasteiger partial charge in [-0.25, -0.2) is 14.8 Å². The largest absolute Gasteiger partial charge is 0.496 e. The Kier molecular flexibility index (Phi) is 6.02. The van der Waals surface area contributed by atoms with Crippen LogP contribution in [0.2, 0.25) is 0 Å². The molecule has 0 unspecified atom stereocenters. The summed E-state index contributed by atoms with van der Waals surface area (Å²) in [7, 11) is 1.64. The monoisotopic (exact) mass is 383 g/mol. The van der Waals surface area contributed by atoms with Crippen molar-refractivity contribution in [2.24, 2.45) is 0 Å². The SMILES string of the molecule is COc1ccc(NC(=O)N2CCN(c3cc(C)nc(C(C)C)n3)CC2)cc1C. The molecule has 3 rings (SSSR count). The summed E-state index contributed by atoms with van der Waals surface area (Å²) in [4.78, 5) is 25.9. The van der Waals surface area contributed by atoms with Gasteiger partial charge in [-0.15, -0.1) is 0 Å². The zero-order chi connectivity index (χ0) is 20.3. The van der Waals surface area contributed by atoms with Crippen LogP contribution in [0.5, 0.6) is 5.75 Å². The van der Waals surface area contributed by atoms with Crippen LogP contribution in [0.1, 0.15) is 36.8 Å². The molecular weight excluding hydrogens is 354 g/mol. The summed E-state index contributed by atoms with van der Waals surface area (Å²) in [6.07, 6.45) is 0. The summed E-state index contributed by atoms with van der Waals surface area (Å²) in [5.74, 6) is 2.92. The van der Waals surface area contributed by atoms with E-state index in [4.69, 9.17) is 9.72 Å².